The van der Waals surface area contributed by atoms with Gasteiger partial charge in [0.05, 0.1) is 11.8 Å². The maximum atomic E-state index is 13.4. The van der Waals surface area contributed by atoms with Crippen molar-refractivity contribution in [1.82, 2.24) is 0 Å². The molecule has 0 heterocycles. The van der Waals surface area contributed by atoms with Crippen LogP contribution < -0.4 is 0 Å². The number of carbonyl (C=O) groups is 2. The molecule has 0 saturated heterocycles. The molecule has 2 aromatic rings. The van der Waals surface area contributed by atoms with Crippen LogP contribution in [0.25, 0.3) is 0 Å². The van der Waals surface area contributed by atoms with Gasteiger partial charge >= 0.3 is 11.9 Å². The third-order valence-corrected chi connectivity index (χ3v) is 5.67. The number of carbonyl (C=O) groups excluding carboxylic acids is 1. The first kappa shape index (κ1) is 24.6. The van der Waals surface area contributed by atoms with Gasteiger partial charge in [0.15, 0.2) is 0 Å². The molecule has 5 nitrogen and oxygen atoms in total. The summed E-state index contributed by atoms with van der Waals surface area (Å²) in [6.45, 7) is 11.0. The van der Waals surface area contributed by atoms with Crippen LogP contribution in [0.15, 0.2) is 60.7 Å². The van der Waals surface area contributed by atoms with Crippen LogP contribution in [0, 0.1) is 11.8 Å². The zero-order valence-corrected chi connectivity index (χ0v) is 19.3. The summed E-state index contributed by atoms with van der Waals surface area (Å²) in [7, 11) is 0. The van der Waals surface area contributed by atoms with Crippen LogP contribution in [0.1, 0.15) is 65.0 Å². The molecule has 31 heavy (non-hydrogen) atoms. The Kier molecular flexibility index (Phi) is 8.02. The molecule has 5 heteroatoms. The number of aliphatic carboxylic acids is 1. The third kappa shape index (κ3) is 6.17. The second kappa shape index (κ2) is 10.1. The van der Waals surface area contributed by atoms with Gasteiger partial charge in [-0.1, -0.05) is 81.4 Å². The molecule has 2 aromatic carbocycles. The highest BCUT2D eigenvalue weighted by atomic mass is 17.2. The Labute approximate surface area is 185 Å². The smallest absolute Gasteiger partial charge is 0.346 e. The van der Waals surface area contributed by atoms with E-state index in [9.17, 15) is 14.7 Å². The van der Waals surface area contributed by atoms with Gasteiger partial charge in [-0.25, -0.2) is 4.79 Å². The van der Waals surface area contributed by atoms with Crippen molar-refractivity contribution in [2.45, 2.75) is 64.9 Å². The lowest BCUT2D eigenvalue weighted by atomic mass is 9.63. The number of rotatable bonds is 9. The summed E-state index contributed by atoms with van der Waals surface area (Å²) in [4.78, 5) is 36.6. The van der Waals surface area contributed by atoms with E-state index in [1.54, 1.807) is 20.8 Å². The first-order chi connectivity index (χ1) is 14.5. The monoisotopic (exact) mass is 426 g/mol. The molecule has 0 aliphatic carbocycles. The van der Waals surface area contributed by atoms with E-state index in [-0.39, 0.29) is 5.92 Å². The Hall–Kier alpha value is -2.66. The Morgan fingerprint density at radius 1 is 0.903 bits per heavy atom. The molecule has 0 spiro atoms. The van der Waals surface area contributed by atoms with Gasteiger partial charge in [0, 0.05) is 5.41 Å². The fourth-order valence-corrected chi connectivity index (χ4v) is 4.11. The zero-order valence-electron chi connectivity index (χ0n) is 19.3. The molecule has 0 aliphatic heterocycles. The van der Waals surface area contributed by atoms with Crippen molar-refractivity contribution in [2.24, 2.45) is 11.8 Å². The minimum absolute atomic E-state index is 0.346. The minimum atomic E-state index is -1.04. The number of hydrogen-bond acceptors (Lipinski definition) is 4. The molecule has 0 aliphatic rings. The van der Waals surface area contributed by atoms with Crippen LogP contribution in [-0.2, 0) is 24.8 Å². The molecule has 0 saturated carbocycles. The lowest BCUT2D eigenvalue weighted by Gasteiger charge is -2.39. The highest BCUT2D eigenvalue weighted by Gasteiger charge is 2.49. The van der Waals surface area contributed by atoms with E-state index in [0.717, 1.165) is 11.1 Å². The van der Waals surface area contributed by atoms with Crippen LogP contribution in [0.3, 0.4) is 0 Å². The Morgan fingerprint density at radius 2 is 1.42 bits per heavy atom. The maximum absolute atomic E-state index is 13.4. The molecule has 3 unspecified atom stereocenters. The summed E-state index contributed by atoms with van der Waals surface area (Å²) in [5.41, 5.74) is 0.209. The van der Waals surface area contributed by atoms with E-state index in [2.05, 4.69) is 0 Å². The van der Waals surface area contributed by atoms with Crippen molar-refractivity contribution in [3.05, 3.63) is 71.8 Å². The summed E-state index contributed by atoms with van der Waals surface area (Å²) in [5, 5.41) is 10.4. The molecular formula is C26H34O5. The fraction of sp³-hybridized carbons (Fsp3) is 0.462. The molecule has 0 bridgehead atoms. The standard InChI is InChI=1S/C26H34O5/c1-7-20(18-14-10-8-11-15-18)21(24(29)30-31-25(2,3)4)22(23(27)28)26(5,6)19-16-12-9-13-17-19/h8-17,20-22H,7H2,1-6H3,(H,27,28). The van der Waals surface area contributed by atoms with E-state index < -0.39 is 34.8 Å². The highest BCUT2D eigenvalue weighted by Crippen LogP contribution is 2.44. The lowest BCUT2D eigenvalue weighted by Crippen LogP contribution is -2.46. The Bertz CT molecular complexity index is 852. The maximum Gasteiger partial charge on any atom is 0.346 e. The van der Waals surface area contributed by atoms with E-state index >= 15 is 0 Å². The SMILES string of the molecule is CCC(c1ccccc1)C(C(=O)OOC(C)(C)C)C(C(=O)O)C(C)(C)c1ccccc1. The first-order valence-electron chi connectivity index (χ1n) is 10.7. The topological polar surface area (TPSA) is 72.8 Å². The normalized spacial score (nSPS) is 15.0. The quantitative estimate of drug-likeness (QED) is 0.408. The number of carboxylic acids is 1. The average Bonchev–Trinajstić information content (AvgIpc) is 2.72. The van der Waals surface area contributed by atoms with Crippen LogP contribution in [0.2, 0.25) is 0 Å². The predicted octanol–water partition coefficient (Wildman–Crippen LogP) is 5.75. The summed E-state index contributed by atoms with van der Waals surface area (Å²) >= 11 is 0. The first-order valence-corrected chi connectivity index (χ1v) is 10.7. The average molecular weight is 427 g/mol. The van der Waals surface area contributed by atoms with Crippen molar-refractivity contribution >= 4 is 11.9 Å². The van der Waals surface area contributed by atoms with Crippen LogP contribution in [0.4, 0.5) is 0 Å². The lowest BCUT2D eigenvalue weighted by molar-refractivity contribution is -0.324. The van der Waals surface area contributed by atoms with E-state index in [4.69, 9.17) is 9.78 Å². The van der Waals surface area contributed by atoms with Crippen LogP contribution >= 0.6 is 0 Å². The van der Waals surface area contributed by atoms with Crippen molar-refractivity contribution < 1.29 is 24.5 Å². The summed E-state index contributed by atoms with van der Waals surface area (Å²) < 4.78 is 0. The van der Waals surface area contributed by atoms with Gasteiger partial charge in [0.1, 0.15) is 5.60 Å². The molecule has 0 fully saturated rings. The molecule has 0 amide bonds. The van der Waals surface area contributed by atoms with Gasteiger partial charge in [0.25, 0.3) is 0 Å². The summed E-state index contributed by atoms with van der Waals surface area (Å²) in [6.07, 6.45) is 0.577. The number of carboxylic acid groups (broad SMARTS) is 1. The molecule has 1 N–H and O–H groups in total. The molecule has 0 aromatic heterocycles. The van der Waals surface area contributed by atoms with E-state index in [0.29, 0.717) is 6.42 Å². The highest BCUT2D eigenvalue weighted by molar-refractivity contribution is 5.83. The number of hydrogen-bond donors (Lipinski definition) is 1. The van der Waals surface area contributed by atoms with Gasteiger partial charge in [-0.05, 0) is 44.2 Å². The summed E-state index contributed by atoms with van der Waals surface area (Å²) in [5.74, 6) is -4.03. The molecule has 3 atom stereocenters. The van der Waals surface area contributed by atoms with Crippen molar-refractivity contribution in [2.75, 3.05) is 0 Å². The second-order valence-corrected chi connectivity index (χ2v) is 9.45. The number of benzene rings is 2. The Balaban J connectivity index is 2.59. The zero-order chi connectivity index (χ0) is 23.2. The Morgan fingerprint density at radius 3 is 1.87 bits per heavy atom. The largest absolute Gasteiger partial charge is 0.481 e. The molecule has 2 rings (SSSR count). The summed E-state index contributed by atoms with van der Waals surface area (Å²) in [6, 6.07) is 19.0. The molecule has 0 radical (unpaired) electrons. The van der Waals surface area contributed by atoms with Gasteiger partial charge < -0.3 is 5.11 Å². The second-order valence-electron chi connectivity index (χ2n) is 9.45. The molecular weight excluding hydrogens is 392 g/mol. The van der Waals surface area contributed by atoms with Gasteiger partial charge in [-0.3, -0.25) is 9.68 Å². The van der Waals surface area contributed by atoms with Crippen LogP contribution in [-0.4, -0.2) is 22.6 Å². The minimum Gasteiger partial charge on any atom is -0.481 e. The van der Waals surface area contributed by atoms with Gasteiger partial charge in [-0.15, -0.1) is 0 Å². The van der Waals surface area contributed by atoms with Gasteiger partial charge in [0.2, 0.25) is 0 Å². The van der Waals surface area contributed by atoms with E-state index in [1.807, 2.05) is 81.4 Å². The van der Waals surface area contributed by atoms with Crippen molar-refractivity contribution in [3.63, 3.8) is 0 Å². The molecule has 168 valence electrons. The van der Waals surface area contributed by atoms with Gasteiger partial charge in [-0.2, -0.15) is 4.89 Å². The van der Waals surface area contributed by atoms with Crippen molar-refractivity contribution in [1.29, 1.82) is 0 Å². The van der Waals surface area contributed by atoms with E-state index in [1.165, 1.54) is 0 Å². The predicted molar refractivity (Wildman–Crippen MR) is 120 cm³/mol. The third-order valence-electron chi connectivity index (χ3n) is 5.67. The van der Waals surface area contributed by atoms with Crippen molar-refractivity contribution in [3.8, 4) is 0 Å². The fourth-order valence-electron chi connectivity index (χ4n) is 4.11. The van der Waals surface area contributed by atoms with Crippen LogP contribution in [0.5, 0.6) is 0 Å².